The van der Waals surface area contributed by atoms with Crippen LogP contribution in [0.4, 0.5) is 11.4 Å². The van der Waals surface area contributed by atoms with E-state index < -0.39 is 16.1 Å². The molecule has 162 valence electrons. The van der Waals surface area contributed by atoms with Gasteiger partial charge in [0.05, 0.1) is 11.9 Å². The second kappa shape index (κ2) is 8.86. The van der Waals surface area contributed by atoms with Gasteiger partial charge >= 0.3 is 0 Å². The molecule has 8 heteroatoms. The second-order valence-corrected chi connectivity index (χ2v) is 10.2. The van der Waals surface area contributed by atoms with Gasteiger partial charge in [0.1, 0.15) is 6.04 Å². The number of amides is 1. The first-order chi connectivity index (χ1) is 14.1. The monoisotopic (exact) mass is 449 g/mol. The Morgan fingerprint density at radius 1 is 1.03 bits per heavy atom. The van der Waals surface area contributed by atoms with E-state index in [1.165, 1.54) is 4.31 Å². The number of sulfonamides is 1. The normalized spacial score (nSPS) is 15.8. The van der Waals surface area contributed by atoms with Crippen molar-refractivity contribution in [1.82, 2.24) is 4.90 Å². The predicted octanol–water partition coefficient (Wildman–Crippen LogP) is 3.46. The topological polar surface area (TPSA) is 60.9 Å². The molecule has 1 heterocycles. The third kappa shape index (κ3) is 5.08. The largest absolute Gasteiger partial charge is 0.368 e. The highest BCUT2D eigenvalue weighted by Crippen LogP contribution is 2.26. The summed E-state index contributed by atoms with van der Waals surface area (Å²) in [4.78, 5) is 17.1. The Balaban J connectivity index is 1.76. The molecule has 0 aromatic heterocycles. The highest BCUT2D eigenvalue weighted by atomic mass is 35.5. The molecular formula is C22H28ClN3O3S. The van der Waals surface area contributed by atoms with Gasteiger partial charge in [0.2, 0.25) is 15.9 Å². The molecule has 6 nitrogen and oxygen atoms in total. The number of halogens is 1. The minimum Gasteiger partial charge on any atom is -0.368 e. The number of anilines is 2. The number of nitrogens with zero attached hydrogens (tertiary/aromatic N) is 3. The summed E-state index contributed by atoms with van der Waals surface area (Å²) in [6.45, 7) is 7.88. The van der Waals surface area contributed by atoms with E-state index in [1.54, 1.807) is 24.0 Å². The maximum absolute atomic E-state index is 13.2. The molecule has 0 radical (unpaired) electrons. The van der Waals surface area contributed by atoms with Crippen LogP contribution >= 0.6 is 11.6 Å². The minimum atomic E-state index is -3.63. The molecule has 1 fully saturated rings. The van der Waals surface area contributed by atoms with Crippen molar-refractivity contribution < 1.29 is 13.2 Å². The molecule has 30 heavy (non-hydrogen) atoms. The maximum atomic E-state index is 13.2. The summed E-state index contributed by atoms with van der Waals surface area (Å²) in [5, 5.41) is 0.678. The smallest absolute Gasteiger partial charge is 0.246 e. The van der Waals surface area contributed by atoms with Crippen LogP contribution in [0.2, 0.25) is 5.02 Å². The van der Waals surface area contributed by atoms with Crippen LogP contribution in [0.5, 0.6) is 0 Å². The predicted molar refractivity (Wildman–Crippen MR) is 123 cm³/mol. The molecule has 2 aromatic carbocycles. The van der Waals surface area contributed by atoms with Crippen molar-refractivity contribution in [3.8, 4) is 0 Å². The van der Waals surface area contributed by atoms with Gasteiger partial charge in [-0.3, -0.25) is 9.10 Å². The van der Waals surface area contributed by atoms with Crippen molar-refractivity contribution in [2.75, 3.05) is 41.6 Å². The zero-order valence-corrected chi connectivity index (χ0v) is 19.4. The molecule has 1 aliphatic rings. The Bertz CT molecular complexity index is 1010. The van der Waals surface area contributed by atoms with Crippen LogP contribution in [0.3, 0.4) is 0 Å². The molecule has 1 amide bonds. The lowest BCUT2D eigenvalue weighted by Crippen LogP contribution is -2.55. The van der Waals surface area contributed by atoms with E-state index in [9.17, 15) is 13.2 Å². The highest BCUT2D eigenvalue weighted by molar-refractivity contribution is 7.92. The first-order valence-corrected chi connectivity index (χ1v) is 12.2. The number of carbonyl (C=O) groups excluding carboxylic acids is 1. The molecular weight excluding hydrogens is 422 g/mol. The molecule has 1 aliphatic heterocycles. The van der Waals surface area contributed by atoms with Crippen molar-refractivity contribution in [2.45, 2.75) is 26.8 Å². The number of hydrogen-bond acceptors (Lipinski definition) is 4. The van der Waals surface area contributed by atoms with E-state index in [4.69, 9.17) is 11.6 Å². The number of benzene rings is 2. The van der Waals surface area contributed by atoms with Crippen LogP contribution < -0.4 is 9.21 Å². The van der Waals surface area contributed by atoms with Gasteiger partial charge in [0.15, 0.2) is 0 Å². The van der Waals surface area contributed by atoms with Crippen molar-refractivity contribution in [3.63, 3.8) is 0 Å². The lowest BCUT2D eigenvalue weighted by atomic mass is 10.1. The average Bonchev–Trinajstić information content (AvgIpc) is 2.65. The number of hydrogen-bond donors (Lipinski definition) is 0. The quantitative estimate of drug-likeness (QED) is 0.701. The average molecular weight is 450 g/mol. The first kappa shape index (κ1) is 22.4. The van der Waals surface area contributed by atoms with E-state index in [0.29, 0.717) is 36.9 Å². The zero-order valence-electron chi connectivity index (χ0n) is 17.8. The van der Waals surface area contributed by atoms with E-state index in [-0.39, 0.29) is 5.91 Å². The second-order valence-electron chi connectivity index (χ2n) is 7.87. The van der Waals surface area contributed by atoms with Crippen LogP contribution in [0.25, 0.3) is 0 Å². The fourth-order valence-electron chi connectivity index (χ4n) is 4.00. The van der Waals surface area contributed by atoms with Crippen LogP contribution in [-0.2, 0) is 14.8 Å². The number of piperazine rings is 1. The fourth-order valence-corrected chi connectivity index (χ4v) is 5.34. The van der Waals surface area contributed by atoms with Crippen molar-refractivity contribution in [2.24, 2.45) is 0 Å². The van der Waals surface area contributed by atoms with E-state index in [0.717, 1.165) is 23.1 Å². The van der Waals surface area contributed by atoms with Crippen LogP contribution in [0, 0.1) is 13.8 Å². The molecule has 2 aromatic rings. The fraction of sp³-hybridized carbons (Fsp3) is 0.409. The Morgan fingerprint density at radius 2 is 1.63 bits per heavy atom. The number of carbonyl (C=O) groups is 1. The van der Waals surface area contributed by atoms with Gasteiger partial charge in [-0.15, -0.1) is 0 Å². The van der Waals surface area contributed by atoms with Gasteiger partial charge in [-0.2, -0.15) is 0 Å². The van der Waals surface area contributed by atoms with Crippen LogP contribution in [-0.4, -0.2) is 57.7 Å². The van der Waals surface area contributed by atoms with Gasteiger partial charge in [-0.25, -0.2) is 8.42 Å². The first-order valence-electron chi connectivity index (χ1n) is 9.93. The molecule has 0 bridgehead atoms. The van der Waals surface area contributed by atoms with E-state index in [1.807, 2.05) is 44.2 Å². The Morgan fingerprint density at radius 3 is 2.17 bits per heavy atom. The Labute approximate surface area is 184 Å². The molecule has 0 N–H and O–H groups in total. The van der Waals surface area contributed by atoms with Gasteiger partial charge < -0.3 is 9.80 Å². The molecule has 0 spiro atoms. The van der Waals surface area contributed by atoms with E-state index >= 15 is 0 Å². The van der Waals surface area contributed by atoms with Gasteiger partial charge in [0.25, 0.3) is 0 Å². The number of aryl methyl sites for hydroxylation is 2. The van der Waals surface area contributed by atoms with Gasteiger partial charge in [-0.05, 0) is 62.2 Å². The molecule has 1 saturated heterocycles. The third-order valence-electron chi connectivity index (χ3n) is 5.29. The molecule has 3 rings (SSSR count). The van der Waals surface area contributed by atoms with Crippen LogP contribution in [0.15, 0.2) is 42.5 Å². The van der Waals surface area contributed by atoms with Crippen molar-refractivity contribution >= 4 is 38.9 Å². The summed E-state index contributed by atoms with van der Waals surface area (Å²) in [6, 6.07) is 12.4. The maximum Gasteiger partial charge on any atom is 0.246 e. The van der Waals surface area contributed by atoms with Crippen molar-refractivity contribution in [3.05, 3.63) is 58.6 Å². The summed E-state index contributed by atoms with van der Waals surface area (Å²) < 4.78 is 26.4. The van der Waals surface area contributed by atoms with Gasteiger partial charge in [0, 0.05) is 36.9 Å². The van der Waals surface area contributed by atoms with E-state index in [2.05, 4.69) is 4.90 Å². The lowest BCUT2D eigenvalue weighted by molar-refractivity contribution is -0.132. The molecule has 0 aliphatic carbocycles. The molecule has 0 saturated carbocycles. The van der Waals surface area contributed by atoms with Crippen LogP contribution in [0.1, 0.15) is 18.1 Å². The summed E-state index contributed by atoms with van der Waals surface area (Å²) in [5.41, 5.74) is 3.45. The standard InChI is InChI=1S/C22H28ClN3O3S/c1-16-12-17(2)14-21(13-16)26(30(4,28)29)18(3)22(27)25-10-8-24(9-11-25)20-7-5-6-19(23)15-20/h5-7,12-15,18H,8-11H2,1-4H3/t18-/m1/s1. The summed E-state index contributed by atoms with van der Waals surface area (Å²) >= 11 is 6.09. The van der Waals surface area contributed by atoms with Gasteiger partial charge in [-0.1, -0.05) is 23.7 Å². The van der Waals surface area contributed by atoms with Crippen molar-refractivity contribution in [1.29, 1.82) is 0 Å². The third-order valence-corrected chi connectivity index (χ3v) is 6.77. The zero-order chi connectivity index (χ0) is 22.1. The minimum absolute atomic E-state index is 0.190. The molecule has 0 unspecified atom stereocenters. The lowest BCUT2D eigenvalue weighted by Gasteiger charge is -2.39. The Kier molecular flexibility index (Phi) is 6.62. The SMILES string of the molecule is Cc1cc(C)cc(N([C@H](C)C(=O)N2CCN(c3cccc(Cl)c3)CC2)S(C)(=O)=O)c1. The summed E-state index contributed by atoms with van der Waals surface area (Å²) in [5.74, 6) is -0.190. The summed E-state index contributed by atoms with van der Waals surface area (Å²) in [6.07, 6.45) is 1.14. The molecule has 1 atom stereocenters. The highest BCUT2D eigenvalue weighted by Gasteiger charge is 2.33. The Hall–Kier alpha value is -2.25. The number of rotatable bonds is 5. The summed E-state index contributed by atoms with van der Waals surface area (Å²) in [7, 11) is -3.63.